The predicted molar refractivity (Wildman–Crippen MR) is 84.1 cm³/mol. The molecule has 3 rings (SSSR count). The van der Waals surface area contributed by atoms with Crippen LogP contribution in [0.3, 0.4) is 0 Å². The van der Waals surface area contributed by atoms with Crippen LogP contribution in [0.25, 0.3) is 0 Å². The van der Waals surface area contributed by atoms with Crippen molar-refractivity contribution in [3.63, 3.8) is 0 Å². The highest BCUT2D eigenvalue weighted by Gasteiger charge is 2.46. The Hall–Kier alpha value is -1.79. The topological polar surface area (TPSA) is 49.3 Å². The van der Waals surface area contributed by atoms with E-state index in [-0.39, 0.29) is 18.0 Å². The number of amides is 1. The van der Waals surface area contributed by atoms with E-state index in [4.69, 9.17) is 0 Å². The number of carbonyl (C=O) groups is 1. The lowest BCUT2D eigenvalue weighted by Gasteiger charge is -2.22. The van der Waals surface area contributed by atoms with Gasteiger partial charge in [0, 0.05) is 22.3 Å². The van der Waals surface area contributed by atoms with Crippen molar-refractivity contribution in [3.8, 4) is 0 Å². The highest BCUT2D eigenvalue weighted by molar-refractivity contribution is 7.10. The van der Waals surface area contributed by atoms with Crippen LogP contribution in [-0.4, -0.2) is 17.6 Å². The molecule has 0 saturated heterocycles. The van der Waals surface area contributed by atoms with Crippen LogP contribution in [0.5, 0.6) is 0 Å². The molecule has 2 aromatic rings. The zero-order valence-corrected chi connectivity index (χ0v) is 13.4. The molecule has 0 aliphatic heterocycles. The molecular weight excluding hydrogens is 320 g/mol. The quantitative estimate of drug-likeness (QED) is 0.880. The molecule has 2 N–H and O–H groups in total. The Labute approximate surface area is 137 Å². The zero-order valence-electron chi connectivity index (χ0n) is 12.6. The summed E-state index contributed by atoms with van der Waals surface area (Å²) in [5, 5.41) is 14.9. The number of benzene rings is 1. The van der Waals surface area contributed by atoms with Gasteiger partial charge in [0.05, 0.1) is 6.54 Å². The van der Waals surface area contributed by atoms with Crippen LogP contribution in [0.15, 0.2) is 35.7 Å². The maximum atomic E-state index is 13.7. The van der Waals surface area contributed by atoms with Gasteiger partial charge in [0.15, 0.2) is 0 Å². The van der Waals surface area contributed by atoms with Gasteiger partial charge in [-0.2, -0.15) is 0 Å². The van der Waals surface area contributed by atoms with Crippen LogP contribution in [0.1, 0.15) is 29.7 Å². The van der Waals surface area contributed by atoms with E-state index in [0.717, 1.165) is 4.88 Å². The van der Waals surface area contributed by atoms with Gasteiger partial charge in [-0.1, -0.05) is 12.1 Å². The molecule has 0 bridgehead atoms. The van der Waals surface area contributed by atoms with Gasteiger partial charge in [-0.25, -0.2) is 8.78 Å². The lowest BCUT2D eigenvalue weighted by atomic mass is 10.0. The van der Waals surface area contributed by atoms with Gasteiger partial charge in [0.2, 0.25) is 5.91 Å². The molecule has 1 aromatic heterocycles. The first-order valence-electron chi connectivity index (χ1n) is 7.38. The van der Waals surface area contributed by atoms with E-state index in [1.165, 1.54) is 29.5 Å². The molecule has 1 amide bonds. The van der Waals surface area contributed by atoms with E-state index in [0.29, 0.717) is 6.42 Å². The van der Waals surface area contributed by atoms with Gasteiger partial charge < -0.3 is 10.4 Å². The SMILES string of the molecule is CC(O)(CNC(=O)C1CC1c1c(F)cccc1F)c1cccs1. The van der Waals surface area contributed by atoms with Crippen LogP contribution in [0.2, 0.25) is 0 Å². The normalized spacial score (nSPS) is 22.4. The number of rotatable bonds is 5. The fourth-order valence-electron chi connectivity index (χ4n) is 2.73. The standard InChI is InChI=1S/C17H17F2NO2S/c1-17(22,14-6-3-7-23-14)9-20-16(21)11-8-10(11)15-12(18)4-2-5-13(15)19/h2-7,10-11,22H,8-9H2,1H3,(H,20,21). The molecule has 23 heavy (non-hydrogen) atoms. The second kappa shape index (κ2) is 6.02. The van der Waals surface area contributed by atoms with Gasteiger partial charge in [-0.3, -0.25) is 4.79 Å². The molecule has 1 fully saturated rings. The maximum Gasteiger partial charge on any atom is 0.223 e. The van der Waals surface area contributed by atoms with E-state index in [2.05, 4.69) is 5.32 Å². The summed E-state index contributed by atoms with van der Waals surface area (Å²) >= 11 is 1.41. The summed E-state index contributed by atoms with van der Waals surface area (Å²) in [4.78, 5) is 12.9. The molecule has 0 radical (unpaired) electrons. The minimum Gasteiger partial charge on any atom is -0.383 e. The Morgan fingerprint density at radius 2 is 2.04 bits per heavy atom. The molecule has 6 heteroatoms. The van der Waals surface area contributed by atoms with Crippen molar-refractivity contribution in [3.05, 3.63) is 57.8 Å². The fourth-order valence-corrected chi connectivity index (χ4v) is 3.52. The lowest BCUT2D eigenvalue weighted by molar-refractivity contribution is -0.123. The van der Waals surface area contributed by atoms with Gasteiger partial charge in [-0.15, -0.1) is 11.3 Å². The third-order valence-corrected chi connectivity index (χ3v) is 5.28. The van der Waals surface area contributed by atoms with Crippen molar-refractivity contribution in [1.29, 1.82) is 0 Å². The molecular formula is C17H17F2NO2S. The fraction of sp³-hybridized carbons (Fsp3) is 0.353. The van der Waals surface area contributed by atoms with E-state index in [1.807, 2.05) is 11.4 Å². The van der Waals surface area contributed by atoms with Gasteiger partial charge >= 0.3 is 0 Å². The average Bonchev–Trinajstić information content (AvgIpc) is 3.06. The minimum atomic E-state index is -1.16. The van der Waals surface area contributed by atoms with Crippen molar-refractivity contribution in [1.82, 2.24) is 5.32 Å². The minimum absolute atomic E-state index is 0.0160. The second-order valence-electron chi connectivity index (χ2n) is 6.05. The monoisotopic (exact) mass is 337 g/mol. The van der Waals surface area contributed by atoms with E-state index >= 15 is 0 Å². The molecule has 122 valence electrons. The highest BCUT2D eigenvalue weighted by atomic mass is 32.1. The summed E-state index contributed by atoms with van der Waals surface area (Å²) in [6.45, 7) is 1.69. The molecule has 1 aromatic carbocycles. The molecule has 1 aliphatic rings. The molecule has 3 unspecified atom stereocenters. The summed E-state index contributed by atoms with van der Waals surface area (Å²) in [5.74, 6) is -2.38. The Bertz CT molecular complexity index is 695. The molecule has 0 spiro atoms. The number of aliphatic hydroxyl groups is 1. The van der Waals surface area contributed by atoms with Gasteiger partial charge in [0.1, 0.15) is 17.2 Å². The van der Waals surface area contributed by atoms with Crippen LogP contribution in [0, 0.1) is 17.6 Å². The van der Waals surface area contributed by atoms with E-state index in [1.54, 1.807) is 13.0 Å². The zero-order chi connectivity index (χ0) is 16.6. The summed E-state index contributed by atoms with van der Waals surface area (Å²) in [6, 6.07) is 7.34. The summed E-state index contributed by atoms with van der Waals surface area (Å²) in [5.41, 5.74) is -1.17. The van der Waals surface area contributed by atoms with Crippen molar-refractivity contribution in [2.75, 3.05) is 6.54 Å². The van der Waals surface area contributed by atoms with Gasteiger partial charge in [-0.05, 0) is 36.9 Å². The third kappa shape index (κ3) is 3.28. The van der Waals surface area contributed by atoms with Crippen molar-refractivity contribution in [2.24, 2.45) is 5.92 Å². The lowest BCUT2D eigenvalue weighted by Crippen LogP contribution is -2.38. The summed E-state index contributed by atoms with van der Waals surface area (Å²) < 4.78 is 27.5. The van der Waals surface area contributed by atoms with Crippen molar-refractivity contribution in [2.45, 2.75) is 24.9 Å². The van der Waals surface area contributed by atoms with Crippen LogP contribution < -0.4 is 5.32 Å². The number of hydrogen-bond donors (Lipinski definition) is 2. The third-order valence-electron chi connectivity index (χ3n) is 4.16. The molecule has 3 nitrogen and oxygen atoms in total. The Morgan fingerprint density at radius 3 is 2.65 bits per heavy atom. The molecule has 1 aliphatic carbocycles. The Balaban J connectivity index is 1.61. The number of thiophene rings is 1. The average molecular weight is 337 g/mol. The Kier molecular flexibility index (Phi) is 4.21. The first-order valence-corrected chi connectivity index (χ1v) is 8.26. The number of halogens is 2. The second-order valence-corrected chi connectivity index (χ2v) is 7.00. The molecule has 1 saturated carbocycles. The van der Waals surface area contributed by atoms with Crippen LogP contribution in [-0.2, 0) is 10.4 Å². The van der Waals surface area contributed by atoms with E-state index in [9.17, 15) is 18.7 Å². The summed E-state index contributed by atoms with van der Waals surface area (Å²) in [6.07, 6.45) is 0.421. The molecule has 1 heterocycles. The maximum absolute atomic E-state index is 13.7. The first-order chi connectivity index (χ1) is 10.9. The van der Waals surface area contributed by atoms with Crippen molar-refractivity contribution < 1.29 is 18.7 Å². The summed E-state index contributed by atoms with van der Waals surface area (Å²) in [7, 11) is 0. The Morgan fingerprint density at radius 1 is 1.35 bits per heavy atom. The van der Waals surface area contributed by atoms with Crippen LogP contribution >= 0.6 is 11.3 Å². The molecule has 3 atom stereocenters. The van der Waals surface area contributed by atoms with E-state index < -0.39 is 29.1 Å². The van der Waals surface area contributed by atoms with Crippen molar-refractivity contribution >= 4 is 17.2 Å². The number of hydrogen-bond acceptors (Lipinski definition) is 3. The highest BCUT2D eigenvalue weighted by Crippen LogP contribution is 2.49. The predicted octanol–water partition coefficient (Wildman–Crippen LogP) is 3.15. The van der Waals surface area contributed by atoms with Crippen LogP contribution in [0.4, 0.5) is 8.78 Å². The van der Waals surface area contributed by atoms with Gasteiger partial charge in [0.25, 0.3) is 0 Å². The largest absolute Gasteiger partial charge is 0.383 e. The smallest absolute Gasteiger partial charge is 0.223 e. The number of nitrogens with one attached hydrogen (secondary N) is 1. The first kappa shape index (κ1) is 16.1. The number of carbonyl (C=O) groups excluding carboxylic acids is 1.